The first-order valence-corrected chi connectivity index (χ1v) is 8.37. The third-order valence-corrected chi connectivity index (χ3v) is 4.66. The number of amides is 4. The first-order valence-electron chi connectivity index (χ1n) is 8.37. The smallest absolute Gasteiger partial charge is 0.326 e. The summed E-state index contributed by atoms with van der Waals surface area (Å²) in [6.45, 7) is 3.59. The number of urea groups is 1. The fourth-order valence-electron chi connectivity index (χ4n) is 3.11. The maximum Gasteiger partial charge on any atom is 0.326 e. The van der Waals surface area contributed by atoms with E-state index >= 15 is 0 Å². The number of imide groups is 1. The summed E-state index contributed by atoms with van der Waals surface area (Å²) in [5.74, 6) is -0.865. The summed E-state index contributed by atoms with van der Waals surface area (Å²) < 4.78 is 0. The minimum atomic E-state index is -1.34. The lowest BCUT2D eigenvalue weighted by atomic mass is 9.82. The second-order valence-corrected chi connectivity index (χ2v) is 6.48. The van der Waals surface area contributed by atoms with Crippen molar-refractivity contribution in [1.82, 2.24) is 15.5 Å². The van der Waals surface area contributed by atoms with Gasteiger partial charge in [0.1, 0.15) is 6.54 Å². The maximum absolute atomic E-state index is 13.3. The van der Waals surface area contributed by atoms with Gasteiger partial charge in [-0.2, -0.15) is 0 Å². The molecule has 1 saturated heterocycles. The van der Waals surface area contributed by atoms with Crippen molar-refractivity contribution in [3.8, 4) is 0 Å². The average Bonchev–Trinajstić information content (AvgIpc) is 2.88. The van der Waals surface area contributed by atoms with Crippen LogP contribution in [0.1, 0.15) is 22.3 Å². The maximum atomic E-state index is 13.3. The largest absolute Gasteiger partial charge is 0.358 e. The highest BCUT2D eigenvalue weighted by atomic mass is 16.2. The van der Waals surface area contributed by atoms with Crippen LogP contribution in [0.4, 0.5) is 4.79 Å². The third kappa shape index (κ3) is 2.83. The second-order valence-electron chi connectivity index (χ2n) is 6.48. The normalized spacial score (nSPS) is 15.7. The summed E-state index contributed by atoms with van der Waals surface area (Å²) in [4.78, 5) is 38.6. The predicted octanol–water partition coefficient (Wildman–Crippen LogP) is 1.84. The van der Waals surface area contributed by atoms with E-state index in [4.69, 9.17) is 0 Å². The molecule has 3 rings (SSSR count). The van der Waals surface area contributed by atoms with E-state index in [1.807, 2.05) is 62.4 Å². The van der Waals surface area contributed by atoms with E-state index in [2.05, 4.69) is 10.6 Å². The molecule has 6 heteroatoms. The highest BCUT2D eigenvalue weighted by Crippen LogP contribution is 2.36. The number of aryl methyl sites for hydroxylation is 2. The minimum Gasteiger partial charge on any atom is -0.358 e. The highest BCUT2D eigenvalue weighted by Gasteiger charge is 2.54. The monoisotopic (exact) mass is 351 g/mol. The molecule has 134 valence electrons. The van der Waals surface area contributed by atoms with E-state index in [9.17, 15) is 14.4 Å². The summed E-state index contributed by atoms with van der Waals surface area (Å²) in [7, 11) is 1.47. The first-order chi connectivity index (χ1) is 12.4. The van der Waals surface area contributed by atoms with Gasteiger partial charge in [-0.25, -0.2) is 4.79 Å². The van der Waals surface area contributed by atoms with Crippen molar-refractivity contribution < 1.29 is 14.4 Å². The van der Waals surface area contributed by atoms with E-state index in [0.29, 0.717) is 11.1 Å². The zero-order valence-electron chi connectivity index (χ0n) is 15.0. The SMILES string of the molecule is CNC(=O)CN1C(=O)NC(c2ccc(C)cc2)(c2ccc(C)cc2)C1=O. The third-order valence-electron chi connectivity index (χ3n) is 4.66. The Labute approximate surface area is 152 Å². The number of benzene rings is 2. The molecule has 0 aliphatic carbocycles. The van der Waals surface area contributed by atoms with Crippen LogP contribution in [0.15, 0.2) is 48.5 Å². The van der Waals surface area contributed by atoms with Crippen molar-refractivity contribution in [2.75, 3.05) is 13.6 Å². The number of rotatable bonds is 4. The molecule has 1 aliphatic rings. The van der Waals surface area contributed by atoms with Gasteiger partial charge in [0.05, 0.1) is 0 Å². The van der Waals surface area contributed by atoms with Gasteiger partial charge in [0, 0.05) is 7.05 Å². The molecule has 1 fully saturated rings. The standard InChI is InChI=1S/C20H21N3O3/c1-13-4-8-15(9-5-13)20(16-10-6-14(2)7-11-16)18(25)23(19(26)22-20)12-17(24)21-3/h4-11H,12H2,1-3H3,(H,21,24)(H,22,26). The molecule has 4 amide bonds. The van der Waals surface area contributed by atoms with Crippen molar-refractivity contribution in [2.24, 2.45) is 0 Å². The van der Waals surface area contributed by atoms with Crippen molar-refractivity contribution >= 4 is 17.8 Å². The number of nitrogens with zero attached hydrogens (tertiary/aromatic N) is 1. The van der Waals surface area contributed by atoms with E-state index in [1.165, 1.54) is 7.05 Å². The number of hydrogen-bond acceptors (Lipinski definition) is 3. The van der Waals surface area contributed by atoms with Crippen LogP contribution in [0.3, 0.4) is 0 Å². The Balaban J connectivity index is 2.14. The lowest BCUT2D eigenvalue weighted by Gasteiger charge is -2.28. The molecule has 2 aromatic carbocycles. The number of nitrogens with one attached hydrogen (secondary N) is 2. The molecule has 2 aromatic rings. The van der Waals surface area contributed by atoms with Gasteiger partial charge in [0.2, 0.25) is 5.91 Å². The van der Waals surface area contributed by atoms with Gasteiger partial charge >= 0.3 is 6.03 Å². The van der Waals surface area contributed by atoms with Crippen LogP contribution < -0.4 is 10.6 Å². The molecule has 0 bridgehead atoms. The van der Waals surface area contributed by atoms with Crippen molar-refractivity contribution in [3.05, 3.63) is 70.8 Å². The van der Waals surface area contributed by atoms with Gasteiger partial charge in [-0.05, 0) is 25.0 Å². The molecule has 6 nitrogen and oxygen atoms in total. The molecule has 2 N–H and O–H groups in total. The highest BCUT2D eigenvalue weighted by molar-refractivity contribution is 6.11. The molecule has 0 radical (unpaired) electrons. The lowest BCUT2D eigenvalue weighted by molar-refractivity contribution is -0.134. The van der Waals surface area contributed by atoms with Gasteiger partial charge in [0.25, 0.3) is 5.91 Å². The Morgan fingerprint density at radius 1 is 0.962 bits per heavy atom. The van der Waals surface area contributed by atoms with Crippen LogP contribution in [-0.2, 0) is 15.1 Å². The van der Waals surface area contributed by atoms with Crippen molar-refractivity contribution in [2.45, 2.75) is 19.4 Å². The van der Waals surface area contributed by atoms with Crippen LogP contribution in [0.2, 0.25) is 0 Å². The van der Waals surface area contributed by atoms with E-state index in [-0.39, 0.29) is 6.54 Å². The Kier molecular flexibility index (Phi) is 4.50. The summed E-state index contributed by atoms with van der Waals surface area (Å²) in [6, 6.07) is 14.3. The molecule has 1 aliphatic heterocycles. The van der Waals surface area contributed by atoms with Gasteiger partial charge in [0.15, 0.2) is 5.54 Å². The quantitative estimate of drug-likeness (QED) is 0.825. The molecule has 0 atom stereocenters. The summed E-state index contributed by atoms with van der Waals surface area (Å²) in [5.41, 5.74) is 2.07. The number of carbonyl (C=O) groups excluding carboxylic acids is 3. The van der Waals surface area contributed by atoms with E-state index < -0.39 is 23.4 Å². The molecule has 1 heterocycles. The Bertz CT molecular complexity index is 811. The van der Waals surface area contributed by atoms with Gasteiger partial charge in [-0.15, -0.1) is 0 Å². The minimum absolute atomic E-state index is 0.319. The zero-order valence-corrected chi connectivity index (χ0v) is 15.0. The lowest BCUT2D eigenvalue weighted by Crippen LogP contribution is -2.46. The molecule has 26 heavy (non-hydrogen) atoms. The average molecular weight is 351 g/mol. The van der Waals surface area contributed by atoms with Crippen LogP contribution in [0.25, 0.3) is 0 Å². The van der Waals surface area contributed by atoms with Crippen LogP contribution in [-0.4, -0.2) is 36.3 Å². The molecule has 0 unspecified atom stereocenters. The molecule has 0 aromatic heterocycles. The number of likely N-dealkylation sites (N-methyl/N-ethyl adjacent to an activating group) is 1. The Morgan fingerprint density at radius 2 is 1.42 bits per heavy atom. The van der Waals surface area contributed by atoms with Crippen LogP contribution in [0.5, 0.6) is 0 Å². The van der Waals surface area contributed by atoms with Crippen LogP contribution >= 0.6 is 0 Å². The Hall–Kier alpha value is -3.15. The molecular formula is C20H21N3O3. The molecule has 0 spiro atoms. The summed E-state index contributed by atoms with van der Waals surface area (Å²) in [6.07, 6.45) is 0. The topological polar surface area (TPSA) is 78.5 Å². The van der Waals surface area contributed by atoms with Gasteiger partial charge in [-0.1, -0.05) is 59.7 Å². The van der Waals surface area contributed by atoms with Gasteiger partial charge in [-0.3, -0.25) is 14.5 Å². The van der Waals surface area contributed by atoms with Crippen LogP contribution in [0, 0.1) is 13.8 Å². The second kappa shape index (κ2) is 6.63. The fourth-order valence-corrected chi connectivity index (χ4v) is 3.11. The first kappa shape index (κ1) is 17.7. The molecule has 0 saturated carbocycles. The molecular weight excluding hydrogens is 330 g/mol. The fraction of sp³-hybridized carbons (Fsp3) is 0.250. The predicted molar refractivity (Wildman–Crippen MR) is 97.4 cm³/mol. The van der Waals surface area contributed by atoms with Gasteiger partial charge < -0.3 is 10.6 Å². The van der Waals surface area contributed by atoms with E-state index in [0.717, 1.165) is 16.0 Å². The van der Waals surface area contributed by atoms with Crippen molar-refractivity contribution in [1.29, 1.82) is 0 Å². The van der Waals surface area contributed by atoms with Crippen molar-refractivity contribution in [3.63, 3.8) is 0 Å². The Morgan fingerprint density at radius 3 is 1.85 bits per heavy atom. The number of carbonyl (C=O) groups is 3. The summed E-state index contributed by atoms with van der Waals surface area (Å²) >= 11 is 0. The van der Waals surface area contributed by atoms with E-state index in [1.54, 1.807) is 0 Å². The summed E-state index contributed by atoms with van der Waals surface area (Å²) in [5, 5.41) is 5.27. The zero-order chi connectivity index (χ0) is 18.9. The number of hydrogen-bond donors (Lipinski definition) is 2.